The van der Waals surface area contributed by atoms with Gasteiger partial charge in [-0.1, -0.05) is 0 Å². The lowest BCUT2D eigenvalue weighted by molar-refractivity contribution is 0.0696. The molecule has 0 bridgehead atoms. The van der Waals surface area contributed by atoms with Gasteiger partial charge in [-0.15, -0.1) is 0 Å². The Balaban J connectivity index is 2.40. The number of halogens is 1. The largest absolute Gasteiger partial charge is 0.493 e. The van der Waals surface area contributed by atoms with Gasteiger partial charge in [0.25, 0.3) is 0 Å². The zero-order valence-corrected chi connectivity index (χ0v) is 12.0. The van der Waals surface area contributed by atoms with Gasteiger partial charge in [0.1, 0.15) is 6.33 Å². The lowest BCUT2D eigenvalue weighted by Crippen LogP contribution is -1.99. The standard InChI is InChI=1S/C12H9IN2O4/c1-18-9-3-2-7(12(16)17)4-10(9)19-11-8(13)5-14-6-15-11/h2-6H,1H3,(H,16,17). The molecule has 0 aliphatic rings. The van der Waals surface area contributed by atoms with E-state index in [9.17, 15) is 4.79 Å². The van der Waals surface area contributed by atoms with Gasteiger partial charge in [0, 0.05) is 6.20 Å². The fourth-order valence-corrected chi connectivity index (χ4v) is 1.78. The Bertz CT molecular complexity index is 618. The highest BCUT2D eigenvalue weighted by molar-refractivity contribution is 14.1. The van der Waals surface area contributed by atoms with Crippen LogP contribution in [0.3, 0.4) is 0 Å². The van der Waals surface area contributed by atoms with E-state index in [4.69, 9.17) is 14.6 Å². The zero-order chi connectivity index (χ0) is 13.8. The molecule has 0 atom stereocenters. The first-order chi connectivity index (χ1) is 9.11. The minimum atomic E-state index is -1.04. The van der Waals surface area contributed by atoms with Crippen molar-refractivity contribution in [3.8, 4) is 17.4 Å². The molecule has 19 heavy (non-hydrogen) atoms. The molecule has 0 aliphatic heterocycles. The summed E-state index contributed by atoms with van der Waals surface area (Å²) in [5.41, 5.74) is 0.111. The number of hydrogen-bond acceptors (Lipinski definition) is 5. The van der Waals surface area contributed by atoms with Crippen LogP contribution in [-0.4, -0.2) is 28.2 Å². The summed E-state index contributed by atoms with van der Waals surface area (Å²) in [7, 11) is 1.48. The van der Waals surface area contributed by atoms with Gasteiger partial charge in [0.2, 0.25) is 5.88 Å². The van der Waals surface area contributed by atoms with Crippen molar-refractivity contribution in [1.29, 1.82) is 0 Å². The number of carboxylic acids is 1. The monoisotopic (exact) mass is 372 g/mol. The van der Waals surface area contributed by atoms with E-state index in [0.717, 1.165) is 0 Å². The van der Waals surface area contributed by atoms with E-state index in [1.54, 1.807) is 6.20 Å². The van der Waals surface area contributed by atoms with Gasteiger partial charge in [0.05, 0.1) is 16.2 Å². The van der Waals surface area contributed by atoms with Gasteiger partial charge >= 0.3 is 5.97 Å². The Hall–Kier alpha value is -1.90. The minimum absolute atomic E-state index is 0.111. The van der Waals surface area contributed by atoms with E-state index in [0.29, 0.717) is 20.9 Å². The van der Waals surface area contributed by atoms with Crippen molar-refractivity contribution in [3.63, 3.8) is 0 Å². The first kappa shape index (κ1) is 13.5. The number of benzene rings is 1. The average Bonchev–Trinajstić information content (AvgIpc) is 2.41. The van der Waals surface area contributed by atoms with E-state index in [-0.39, 0.29) is 5.56 Å². The molecule has 0 amide bonds. The zero-order valence-electron chi connectivity index (χ0n) is 9.83. The topological polar surface area (TPSA) is 81.5 Å². The average molecular weight is 372 g/mol. The molecule has 7 heteroatoms. The normalized spacial score (nSPS) is 10.0. The van der Waals surface area contributed by atoms with Crippen LogP contribution in [0.2, 0.25) is 0 Å². The van der Waals surface area contributed by atoms with Crippen LogP contribution in [0, 0.1) is 3.57 Å². The SMILES string of the molecule is COc1ccc(C(=O)O)cc1Oc1ncncc1I. The second-order valence-electron chi connectivity index (χ2n) is 3.45. The van der Waals surface area contributed by atoms with Gasteiger partial charge < -0.3 is 14.6 Å². The molecule has 6 nitrogen and oxygen atoms in total. The van der Waals surface area contributed by atoms with Crippen molar-refractivity contribution in [2.24, 2.45) is 0 Å². The lowest BCUT2D eigenvalue weighted by atomic mass is 10.2. The van der Waals surface area contributed by atoms with Crippen LogP contribution in [0.5, 0.6) is 17.4 Å². The molecule has 0 saturated carbocycles. The van der Waals surface area contributed by atoms with Gasteiger partial charge in [-0.25, -0.2) is 14.8 Å². The summed E-state index contributed by atoms with van der Waals surface area (Å²) in [5.74, 6) is 0.0276. The molecule has 2 aromatic rings. The molecule has 1 aromatic carbocycles. The van der Waals surface area contributed by atoms with E-state index < -0.39 is 5.97 Å². The first-order valence-electron chi connectivity index (χ1n) is 5.16. The van der Waals surface area contributed by atoms with Crippen LogP contribution < -0.4 is 9.47 Å². The van der Waals surface area contributed by atoms with Crippen LogP contribution in [0.4, 0.5) is 0 Å². The molecule has 0 aliphatic carbocycles. The van der Waals surface area contributed by atoms with E-state index >= 15 is 0 Å². The summed E-state index contributed by atoms with van der Waals surface area (Å²) in [6.07, 6.45) is 2.95. The summed E-state index contributed by atoms with van der Waals surface area (Å²) in [6.45, 7) is 0. The quantitative estimate of drug-likeness (QED) is 0.831. The molecular formula is C12H9IN2O4. The van der Waals surface area contributed by atoms with Crippen molar-refractivity contribution < 1.29 is 19.4 Å². The Morgan fingerprint density at radius 1 is 1.37 bits per heavy atom. The summed E-state index contributed by atoms with van der Waals surface area (Å²) < 4.78 is 11.4. The molecule has 98 valence electrons. The fraction of sp³-hybridized carbons (Fsp3) is 0.0833. The van der Waals surface area contributed by atoms with Gasteiger partial charge in [-0.05, 0) is 40.8 Å². The maximum absolute atomic E-state index is 10.9. The van der Waals surface area contributed by atoms with Crippen molar-refractivity contribution in [2.75, 3.05) is 7.11 Å². The second kappa shape index (κ2) is 5.83. The molecule has 1 N–H and O–H groups in total. The Morgan fingerprint density at radius 3 is 2.79 bits per heavy atom. The van der Waals surface area contributed by atoms with Crippen molar-refractivity contribution >= 4 is 28.6 Å². The number of carbonyl (C=O) groups is 1. The summed E-state index contributed by atoms with van der Waals surface area (Å²) in [6, 6.07) is 4.37. The summed E-state index contributed by atoms with van der Waals surface area (Å²) in [5, 5.41) is 8.97. The Kier molecular flexibility index (Phi) is 4.15. The van der Waals surface area contributed by atoms with E-state index in [2.05, 4.69) is 9.97 Å². The van der Waals surface area contributed by atoms with Crippen molar-refractivity contribution in [3.05, 3.63) is 39.9 Å². The number of nitrogens with zero attached hydrogens (tertiary/aromatic N) is 2. The molecule has 1 heterocycles. The number of aromatic carboxylic acids is 1. The third-order valence-electron chi connectivity index (χ3n) is 2.25. The molecular weight excluding hydrogens is 363 g/mol. The first-order valence-corrected chi connectivity index (χ1v) is 6.24. The number of carboxylic acid groups (broad SMARTS) is 1. The summed E-state index contributed by atoms with van der Waals surface area (Å²) >= 11 is 2.03. The highest BCUT2D eigenvalue weighted by Gasteiger charge is 2.12. The maximum atomic E-state index is 10.9. The van der Waals surface area contributed by atoms with Crippen LogP contribution in [0.25, 0.3) is 0 Å². The fourth-order valence-electron chi connectivity index (χ4n) is 1.37. The number of methoxy groups -OCH3 is 1. The van der Waals surface area contributed by atoms with Crippen LogP contribution in [0.1, 0.15) is 10.4 Å². The predicted octanol–water partition coefficient (Wildman–Crippen LogP) is 2.58. The van der Waals surface area contributed by atoms with Gasteiger partial charge in [-0.3, -0.25) is 0 Å². The number of rotatable bonds is 4. The molecule has 0 spiro atoms. The van der Waals surface area contributed by atoms with Crippen molar-refractivity contribution in [2.45, 2.75) is 0 Å². The van der Waals surface area contributed by atoms with Crippen LogP contribution in [0.15, 0.2) is 30.7 Å². The summed E-state index contributed by atoms with van der Waals surface area (Å²) in [4.78, 5) is 18.8. The Labute approximate surface area is 122 Å². The number of hydrogen-bond donors (Lipinski definition) is 1. The molecule has 2 rings (SSSR count). The predicted molar refractivity (Wildman–Crippen MR) is 74.8 cm³/mol. The minimum Gasteiger partial charge on any atom is -0.493 e. The molecule has 0 unspecified atom stereocenters. The highest BCUT2D eigenvalue weighted by atomic mass is 127. The lowest BCUT2D eigenvalue weighted by Gasteiger charge is -2.10. The van der Waals surface area contributed by atoms with Gasteiger partial charge in [0.15, 0.2) is 11.5 Å². The van der Waals surface area contributed by atoms with Gasteiger partial charge in [-0.2, -0.15) is 0 Å². The van der Waals surface area contributed by atoms with E-state index in [1.165, 1.54) is 31.6 Å². The van der Waals surface area contributed by atoms with Crippen LogP contribution >= 0.6 is 22.6 Å². The number of ether oxygens (including phenoxy) is 2. The van der Waals surface area contributed by atoms with Crippen LogP contribution in [-0.2, 0) is 0 Å². The maximum Gasteiger partial charge on any atom is 0.335 e. The van der Waals surface area contributed by atoms with Crippen molar-refractivity contribution in [1.82, 2.24) is 9.97 Å². The molecule has 0 radical (unpaired) electrons. The Morgan fingerprint density at radius 2 is 2.16 bits per heavy atom. The smallest absolute Gasteiger partial charge is 0.335 e. The third kappa shape index (κ3) is 3.11. The molecule has 0 fully saturated rings. The molecule has 0 saturated heterocycles. The molecule has 1 aromatic heterocycles. The third-order valence-corrected chi connectivity index (χ3v) is 2.99. The highest BCUT2D eigenvalue weighted by Crippen LogP contribution is 2.33. The number of aromatic nitrogens is 2. The van der Waals surface area contributed by atoms with E-state index in [1.807, 2.05) is 22.6 Å². The second-order valence-corrected chi connectivity index (χ2v) is 4.61.